The highest BCUT2D eigenvalue weighted by Gasteiger charge is 2.04. The highest BCUT2D eigenvalue weighted by Crippen LogP contribution is 2.22. The van der Waals surface area contributed by atoms with Crippen LogP contribution in [0.2, 0.25) is 5.02 Å². The summed E-state index contributed by atoms with van der Waals surface area (Å²) in [6.07, 6.45) is 2.02. The van der Waals surface area contributed by atoms with Gasteiger partial charge < -0.3 is 10.5 Å². The summed E-state index contributed by atoms with van der Waals surface area (Å²) in [6.45, 7) is 1.18. The molecular weight excluding hydrogens is 258 g/mol. The third kappa shape index (κ3) is 4.27. The van der Waals surface area contributed by atoms with E-state index in [1.54, 1.807) is 0 Å². The number of nitrogens with two attached hydrogens (primary N) is 1. The summed E-state index contributed by atoms with van der Waals surface area (Å²) in [4.78, 5) is 0. The van der Waals surface area contributed by atoms with Gasteiger partial charge in [-0.1, -0.05) is 48.0 Å². The predicted molar refractivity (Wildman–Crippen MR) is 80.3 cm³/mol. The molecule has 19 heavy (non-hydrogen) atoms. The van der Waals surface area contributed by atoms with Crippen LogP contribution in [0.25, 0.3) is 0 Å². The lowest BCUT2D eigenvalue weighted by atomic mass is 10.1. The van der Waals surface area contributed by atoms with E-state index in [0.717, 1.165) is 18.4 Å². The van der Waals surface area contributed by atoms with Crippen molar-refractivity contribution < 1.29 is 4.74 Å². The van der Waals surface area contributed by atoms with Crippen LogP contribution in [0, 0.1) is 0 Å². The lowest BCUT2D eigenvalue weighted by molar-refractivity contribution is 0.119. The van der Waals surface area contributed by atoms with Crippen LogP contribution in [0.15, 0.2) is 48.5 Å². The van der Waals surface area contributed by atoms with Crippen molar-refractivity contribution in [1.29, 1.82) is 0 Å². The van der Waals surface area contributed by atoms with Crippen LogP contribution in [-0.2, 0) is 17.8 Å². The zero-order valence-electron chi connectivity index (χ0n) is 10.8. The Kier molecular flexibility index (Phi) is 5.25. The predicted octanol–water partition coefficient (Wildman–Crippen LogP) is 4.07. The van der Waals surface area contributed by atoms with Gasteiger partial charge in [0.2, 0.25) is 0 Å². The Balaban J connectivity index is 1.73. The minimum atomic E-state index is 0.473. The van der Waals surface area contributed by atoms with E-state index in [0.29, 0.717) is 23.9 Å². The van der Waals surface area contributed by atoms with Crippen molar-refractivity contribution in [3.8, 4) is 0 Å². The van der Waals surface area contributed by atoms with Crippen molar-refractivity contribution in [3.05, 3.63) is 64.7 Å². The average Bonchev–Trinajstić information content (AvgIpc) is 2.42. The lowest BCUT2D eigenvalue weighted by Crippen LogP contribution is -2.01. The summed E-state index contributed by atoms with van der Waals surface area (Å²) in [6, 6.07) is 15.9. The molecule has 0 fully saturated rings. The maximum Gasteiger partial charge on any atom is 0.0751 e. The van der Waals surface area contributed by atoms with Gasteiger partial charge in [0.15, 0.2) is 0 Å². The molecule has 2 N–H and O–H groups in total. The Morgan fingerprint density at radius 1 is 1.00 bits per heavy atom. The van der Waals surface area contributed by atoms with Crippen LogP contribution >= 0.6 is 11.6 Å². The Morgan fingerprint density at radius 3 is 2.53 bits per heavy atom. The molecule has 0 saturated carbocycles. The minimum absolute atomic E-state index is 0.473. The van der Waals surface area contributed by atoms with E-state index in [9.17, 15) is 0 Å². The van der Waals surface area contributed by atoms with Crippen molar-refractivity contribution >= 4 is 17.3 Å². The summed E-state index contributed by atoms with van der Waals surface area (Å²) in [7, 11) is 0. The van der Waals surface area contributed by atoms with E-state index >= 15 is 0 Å². The maximum atomic E-state index is 6.08. The first kappa shape index (κ1) is 13.9. The van der Waals surface area contributed by atoms with Crippen molar-refractivity contribution in [2.45, 2.75) is 19.4 Å². The normalized spacial score (nSPS) is 10.6. The molecule has 0 amide bonds. The van der Waals surface area contributed by atoms with Gasteiger partial charge in [-0.3, -0.25) is 0 Å². The SMILES string of the molecule is Nc1cccc(Cl)c1COCCCc1ccccc1. The van der Waals surface area contributed by atoms with Crippen LogP contribution in [0.1, 0.15) is 17.5 Å². The minimum Gasteiger partial charge on any atom is -0.398 e. The molecule has 0 unspecified atom stereocenters. The van der Waals surface area contributed by atoms with Crippen LogP contribution in [0.4, 0.5) is 5.69 Å². The van der Waals surface area contributed by atoms with Crippen molar-refractivity contribution in [1.82, 2.24) is 0 Å². The van der Waals surface area contributed by atoms with Crippen LogP contribution in [-0.4, -0.2) is 6.61 Å². The van der Waals surface area contributed by atoms with Gasteiger partial charge in [0.1, 0.15) is 0 Å². The first-order valence-electron chi connectivity index (χ1n) is 6.42. The Bertz CT molecular complexity index is 493. The largest absolute Gasteiger partial charge is 0.398 e. The number of halogens is 1. The lowest BCUT2D eigenvalue weighted by Gasteiger charge is -2.09. The first-order chi connectivity index (χ1) is 9.27. The van der Waals surface area contributed by atoms with E-state index < -0.39 is 0 Å². The third-order valence-electron chi connectivity index (χ3n) is 3.00. The summed E-state index contributed by atoms with van der Waals surface area (Å²) in [5, 5.41) is 0.669. The van der Waals surface area contributed by atoms with E-state index in [2.05, 4.69) is 24.3 Å². The molecule has 2 aromatic carbocycles. The van der Waals surface area contributed by atoms with Crippen LogP contribution < -0.4 is 5.73 Å². The number of rotatable bonds is 6. The third-order valence-corrected chi connectivity index (χ3v) is 3.35. The molecule has 100 valence electrons. The first-order valence-corrected chi connectivity index (χ1v) is 6.79. The van der Waals surface area contributed by atoms with E-state index in [1.807, 2.05) is 24.3 Å². The smallest absolute Gasteiger partial charge is 0.0751 e. The molecule has 0 heterocycles. The van der Waals surface area contributed by atoms with Gasteiger partial charge in [-0.2, -0.15) is 0 Å². The topological polar surface area (TPSA) is 35.2 Å². The fourth-order valence-corrected chi connectivity index (χ4v) is 2.16. The Hall–Kier alpha value is -1.51. The second-order valence-corrected chi connectivity index (χ2v) is 4.86. The molecule has 2 nitrogen and oxygen atoms in total. The monoisotopic (exact) mass is 275 g/mol. The maximum absolute atomic E-state index is 6.08. The van der Waals surface area contributed by atoms with Crippen LogP contribution in [0.5, 0.6) is 0 Å². The number of aryl methyl sites for hydroxylation is 1. The number of benzene rings is 2. The Labute approximate surface area is 119 Å². The Morgan fingerprint density at radius 2 is 1.79 bits per heavy atom. The van der Waals surface area contributed by atoms with Crippen molar-refractivity contribution in [3.63, 3.8) is 0 Å². The highest BCUT2D eigenvalue weighted by atomic mass is 35.5. The highest BCUT2D eigenvalue weighted by molar-refractivity contribution is 6.31. The fraction of sp³-hybridized carbons (Fsp3) is 0.250. The van der Waals surface area contributed by atoms with Gasteiger partial charge in [-0.15, -0.1) is 0 Å². The van der Waals surface area contributed by atoms with Gasteiger partial charge in [-0.25, -0.2) is 0 Å². The standard InChI is InChI=1S/C16H18ClNO/c17-15-9-4-10-16(18)14(15)12-19-11-5-8-13-6-2-1-3-7-13/h1-4,6-7,9-10H,5,8,11-12,18H2. The fourth-order valence-electron chi connectivity index (χ4n) is 1.92. The molecule has 0 atom stereocenters. The summed E-state index contributed by atoms with van der Waals surface area (Å²) >= 11 is 6.08. The number of hydrogen-bond donors (Lipinski definition) is 1. The molecule has 0 radical (unpaired) electrons. The molecule has 0 aliphatic heterocycles. The zero-order valence-corrected chi connectivity index (χ0v) is 11.6. The van der Waals surface area contributed by atoms with Gasteiger partial charge in [-0.05, 0) is 30.5 Å². The molecule has 2 aromatic rings. The summed E-state index contributed by atoms with van der Waals surface area (Å²) < 4.78 is 5.64. The molecule has 2 rings (SSSR count). The molecule has 0 aliphatic carbocycles. The quantitative estimate of drug-likeness (QED) is 0.637. The summed E-state index contributed by atoms with van der Waals surface area (Å²) in [5.74, 6) is 0. The molecule has 0 aliphatic rings. The van der Waals surface area contributed by atoms with Gasteiger partial charge in [0, 0.05) is 22.9 Å². The second kappa shape index (κ2) is 7.17. The molecule has 0 bridgehead atoms. The number of anilines is 1. The number of hydrogen-bond acceptors (Lipinski definition) is 2. The molecule has 0 saturated heterocycles. The second-order valence-electron chi connectivity index (χ2n) is 4.45. The molecule has 0 spiro atoms. The van der Waals surface area contributed by atoms with Gasteiger partial charge in [0.25, 0.3) is 0 Å². The van der Waals surface area contributed by atoms with Crippen LogP contribution in [0.3, 0.4) is 0 Å². The van der Waals surface area contributed by atoms with Crippen molar-refractivity contribution in [2.24, 2.45) is 0 Å². The van der Waals surface area contributed by atoms with E-state index in [1.165, 1.54) is 5.56 Å². The van der Waals surface area contributed by atoms with Crippen molar-refractivity contribution in [2.75, 3.05) is 12.3 Å². The zero-order chi connectivity index (χ0) is 13.5. The average molecular weight is 276 g/mol. The molecule has 3 heteroatoms. The molecule has 0 aromatic heterocycles. The van der Waals surface area contributed by atoms with E-state index in [-0.39, 0.29) is 0 Å². The number of nitrogen functional groups attached to an aromatic ring is 1. The number of ether oxygens (including phenoxy) is 1. The van der Waals surface area contributed by atoms with Gasteiger partial charge in [0.05, 0.1) is 6.61 Å². The molecular formula is C16H18ClNO. The van der Waals surface area contributed by atoms with Gasteiger partial charge >= 0.3 is 0 Å². The summed E-state index contributed by atoms with van der Waals surface area (Å²) in [5.41, 5.74) is 8.77. The van der Waals surface area contributed by atoms with E-state index in [4.69, 9.17) is 22.1 Å².